The molecule has 2 heterocycles. The van der Waals surface area contributed by atoms with Gasteiger partial charge in [0.05, 0.1) is 13.2 Å². The number of carbonyl (C=O) groups excluding carboxylic acids is 1. The first-order chi connectivity index (χ1) is 15.5. The van der Waals surface area contributed by atoms with Crippen molar-refractivity contribution in [3.05, 3.63) is 0 Å². The van der Waals surface area contributed by atoms with Crippen LogP contribution in [-0.4, -0.2) is 132 Å². The fourth-order valence-corrected chi connectivity index (χ4v) is 3.85. The van der Waals surface area contributed by atoms with Gasteiger partial charge in [-0.1, -0.05) is 0 Å². The Hall–Kier alpha value is 0.890. The number of hydrogen-bond donors (Lipinski definition) is 6. The van der Waals surface area contributed by atoms with Crippen molar-refractivity contribution >= 4 is 26.7 Å². The normalized spacial score (nSPS) is 37.3. The van der Waals surface area contributed by atoms with Crippen molar-refractivity contribution in [2.24, 2.45) is 0 Å². The Kier molecular flexibility index (Phi) is 15.4. The number of carbonyl (C=O) groups is 1. The largest absolute Gasteiger partial charge is 1.00 e. The zero-order chi connectivity index (χ0) is 26.0. The molecule has 0 aromatic carbocycles. The molecule has 0 bridgehead atoms. The Morgan fingerprint density at radius 2 is 1.33 bits per heavy atom. The van der Waals surface area contributed by atoms with Gasteiger partial charge in [-0.2, -0.15) is 0 Å². The van der Waals surface area contributed by atoms with Crippen molar-refractivity contribution in [1.29, 1.82) is 0 Å². The van der Waals surface area contributed by atoms with Gasteiger partial charge in [-0.05, 0) is 0 Å². The third-order valence-corrected chi connectivity index (χ3v) is 5.62. The zero-order valence-electron chi connectivity index (χ0n) is 19.1. The summed E-state index contributed by atoms with van der Waals surface area (Å²) in [5, 5.41) is 52.9. The minimum Gasteiger partial charge on any atom is -0.726 e. The van der Waals surface area contributed by atoms with E-state index in [1.807, 2.05) is 0 Å². The van der Waals surface area contributed by atoms with Crippen LogP contribution >= 0.6 is 0 Å². The third-order valence-electron chi connectivity index (χ3n) is 4.78. The van der Waals surface area contributed by atoms with E-state index in [1.165, 1.54) is 0 Å². The smallest absolute Gasteiger partial charge is 0.726 e. The molecule has 2 aliphatic heterocycles. The Balaban J connectivity index is 0.00000612. The second-order valence-electron chi connectivity index (χ2n) is 7.28. The monoisotopic (exact) mass is 587 g/mol. The average molecular weight is 587 g/mol. The summed E-state index contributed by atoms with van der Waals surface area (Å²) in [6.07, 6.45) is -17.3. The first kappa shape index (κ1) is 36.9. The van der Waals surface area contributed by atoms with Crippen molar-refractivity contribution in [2.75, 3.05) is 13.2 Å². The molecule has 0 aliphatic carbocycles. The third kappa shape index (κ3) is 10.8. The van der Waals surface area contributed by atoms with Gasteiger partial charge in [0.15, 0.2) is 12.6 Å². The zero-order valence-corrected chi connectivity index (χ0v) is 24.8. The average Bonchev–Trinajstić information content (AvgIpc) is 2.69. The Morgan fingerprint density at radius 3 is 1.81 bits per heavy atom. The summed E-state index contributed by atoms with van der Waals surface area (Å²) in [4.78, 5) is 11.4. The van der Waals surface area contributed by atoms with E-state index in [0.29, 0.717) is 0 Å². The van der Waals surface area contributed by atoms with Crippen molar-refractivity contribution in [2.45, 2.75) is 68.3 Å². The van der Waals surface area contributed by atoms with E-state index in [4.69, 9.17) is 14.2 Å². The number of aliphatic hydroxyl groups excluding tert-OH is 5. The first-order valence-electron chi connectivity index (χ1n) is 9.34. The second kappa shape index (κ2) is 15.0. The molecule has 0 radical (unpaired) electrons. The quantitative estimate of drug-likeness (QED) is 0.0829. The van der Waals surface area contributed by atoms with E-state index >= 15 is 0 Å². The number of ether oxygens (including phenoxy) is 3. The van der Waals surface area contributed by atoms with Gasteiger partial charge in [0.1, 0.15) is 48.8 Å². The van der Waals surface area contributed by atoms with Crippen molar-refractivity contribution < 1.29 is 138 Å². The SMILES string of the molecule is CC(=O)N[C@H]1[C@@H](O)[C@H](O[C@@H]2OC(COS(=O)(=O)[O-])[C@H](O)[C@H](O)[C@@H]2O)C(COS(=O)(=O)[O-])O[C@H]1O.[Na+].[Na+]. The molecule has 18 nitrogen and oxygen atoms in total. The van der Waals surface area contributed by atoms with Gasteiger partial charge in [0, 0.05) is 6.92 Å². The van der Waals surface area contributed by atoms with Crippen LogP contribution in [0.2, 0.25) is 0 Å². The van der Waals surface area contributed by atoms with Crippen LogP contribution in [0.1, 0.15) is 6.92 Å². The van der Waals surface area contributed by atoms with Gasteiger partial charge in [0.2, 0.25) is 26.7 Å². The van der Waals surface area contributed by atoms with Crippen molar-refractivity contribution in [1.82, 2.24) is 5.32 Å². The standard InChI is InChI=1S/C14H25NO17S2.2Na/c1-4(16)15-7-9(18)12(6(30-13(7)21)3-29-34(25,26)27)32-14-11(20)10(19)8(17)5(31-14)2-28-33(22,23)24;;/h5-14,17-21H,2-3H2,1H3,(H,15,16)(H,22,23,24)(H,25,26,27);;/q;2*+1/p-2/t5?,6?,7-,8-,9+,10-,11-,12+,13+,14-;;/m0../s1. The molecule has 22 heteroatoms. The first-order valence-corrected chi connectivity index (χ1v) is 12.0. The Bertz CT molecular complexity index is 922. The fourth-order valence-electron chi connectivity index (χ4n) is 3.25. The maximum atomic E-state index is 11.4. The van der Waals surface area contributed by atoms with Crippen LogP contribution in [0, 0.1) is 0 Å². The molecule has 2 aliphatic rings. The number of nitrogens with one attached hydrogen (secondary N) is 1. The molecule has 0 spiro atoms. The van der Waals surface area contributed by atoms with Crippen molar-refractivity contribution in [3.63, 3.8) is 0 Å². The van der Waals surface area contributed by atoms with Gasteiger partial charge < -0.3 is 54.2 Å². The topological polar surface area (TPSA) is 291 Å². The maximum Gasteiger partial charge on any atom is 1.00 e. The van der Waals surface area contributed by atoms with Crippen LogP contribution in [0.25, 0.3) is 0 Å². The van der Waals surface area contributed by atoms with Gasteiger partial charge in [-0.3, -0.25) is 13.2 Å². The minimum atomic E-state index is -5.28. The Morgan fingerprint density at radius 1 is 0.833 bits per heavy atom. The maximum absolute atomic E-state index is 11.4. The van der Waals surface area contributed by atoms with E-state index in [2.05, 4.69) is 13.7 Å². The minimum absolute atomic E-state index is 0. The summed E-state index contributed by atoms with van der Waals surface area (Å²) in [7, 11) is -10.5. The molecule has 200 valence electrons. The van der Waals surface area contributed by atoms with E-state index in [9.17, 15) is 56.3 Å². The number of hydrogen-bond acceptors (Lipinski definition) is 17. The summed E-state index contributed by atoms with van der Waals surface area (Å²) < 4.78 is 87.9. The molecule has 2 rings (SSSR count). The molecule has 0 saturated carbocycles. The number of amides is 1. The molecule has 0 aromatic heterocycles. The summed E-state index contributed by atoms with van der Waals surface area (Å²) in [6, 6.07) is -1.58. The Labute approximate surface area is 249 Å². The van der Waals surface area contributed by atoms with Gasteiger partial charge in [-0.15, -0.1) is 0 Å². The predicted molar refractivity (Wildman–Crippen MR) is 97.3 cm³/mol. The molecular weight excluding hydrogens is 564 g/mol. The van der Waals surface area contributed by atoms with Gasteiger partial charge in [-0.25, -0.2) is 16.8 Å². The molecule has 6 N–H and O–H groups in total. The van der Waals surface area contributed by atoms with Crippen LogP contribution in [0.4, 0.5) is 0 Å². The molecule has 2 saturated heterocycles. The van der Waals surface area contributed by atoms with Crippen LogP contribution in [0.3, 0.4) is 0 Å². The molecular formula is C14H23NNa2O17S2. The van der Waals surface area contributed by atoms with Crippen molar-refractivity contribution in [3.8, 4) is 0 Å². The fraction of sp³-hybridized carbons (Fsp3) is 0.929. The number of aliphatic hydroxyl groups is 5. The van der Waals surface area contributed by atoms with Crippen LogP contribution in [0.15, 0.2) is 0 Å². The summed E-state index contributed by atoms with van der Waals surface area (Å²) in [5.74, 6) is -0.745. The van der Waals surface area contributed by atoms with Crippen LogP contribution in [-0.2, 0) is 48.2 Å². The molecule has 10 atom stereocenters. The van der Waals surface area contributed by atoms with Gasteiger partial charge in [0.25, 0.3) is 0 Å². The second-order valence-corrected chi connectivity index (χ2v) is 9.39. The molecule has 2 fully saturated rings. The van der Waals surface area contributed by atoms with Crippen LogP contribution < -0.4 is 64.4 Å². The summed E-state index contributed by atoms with van der Waals surface area (Å²) >= 11 is 0. The van der Waals surface area contributed by atoms with Gasteiger partial charge >= 0.3 is 59.1 Å². The molecule has 1 amide bonds. The van der Waals surface area contributed by atoms with E-state index in [-0.39, 0.29) is 59.1 Å². The molecule has 36 heavy (non-hydrogen) atoms. The summed E-state index contributed by atoms with van der Waals surface area (Å²) in [5.41, 5.74) is 0. The number of rotatable bonds is 9. The van der Waals surface area contributed by atoms with Crippen LogP contribution in [0.5, 0.6) is 0 Å². The van der Waals surface area contributed by atoms with E-state index < -0.39 is 101 Å². The molecule has 2 unspecified atom stereocenters. The van der Waals surface area contributed by atoms with E-state index in [1.54, 1.807) is 0 Å². The predicted octanol–water partition coefficient (Wildman–Crippen LogP) is -12.3. The summed E-state index contributed by atoms with van der Waals surface area (Å²) in [6.45, 7) is -1.21. The van der Waals surface area contributed by atoms with E-state index in [0.717, 1.165) is 6.92 Å². The molecule has 0 aromatic rings.